The fourth-order valence-electron chi connectivity index (χ4n) is 1.81. The van der Waals surface area contributed by atoms with Crippen LogP contribution >= 0.6 is 0 Å². The van der Waals surface area contributed by atoms with Crippen molar-refractivity contribution in [2.24, 2.45) is 0 Å². The molecule has 0 spiro atoms. The third-order valence-electron chi connectivity index (χ3n) is 3.21. The summed E-state index contributed by atoms with van der Waals surface area (Å²) in [4.78, 5) is 26.8. The number of nitrogens with zero attached hydrogens (tertiary/aromatic N) is 2. The minimum absolute atomic E-state index is 0.132. The maximum atomic E-state index is 12.1. The molecule has 1 N–H and O–H groups in total. The average Bonchev–Trinajstić information content (AvgIpc) is 2.51. The second-order valence-electron chi connectivity index (χ2n) is 4.50. The maximum absolute atomic E-state index is 12.1. The summed E-state index contributed by atoms with van der Waals surface area (Å²) in [6, 6.07) is 0. The lowest BCUT2D eigenvalue weighted by Crippen LogP contribution is -2.35. The van der Waals surface area contributed by atoms with Gasteiger partial charge in [0.25, 0.3) is 0 Å². The van der Waals surface area contributed by atoms with Gasteiger partial charge in [-0.1, -0.05) is 0 Å². The molecule has 96 valence electrons. The molecule has 1 fully saturated rings. The quantitative estimate of drug-likeness (QED) is 0.717. The largest absolute Gasteiger partial charge is 0.478 e. The summed E-state index contributed by atoms with van der Waals surface area (Å²) < 4.78 is 0. The number of rotatable bonds is 2. The van der Waals surface area contributed by atoms with E-state index in [0.29, 0.717) is 18.7 Å². The number of hydrogen-bond donors (Lipinski definition) is 1. The highest BCUT2D eigenvalue weighted by Gasteiger charge is 2.21. The van der Waals surface area contributed by atoms with E-state index in [-0.39, 0.29) is 11.5 Å². The third-order valence-corrected chi connectivity index (χ3v) is 3.21. The minimum Gasteiger partial charge on any atom is -0.478 e. The van der Waals surface area contributed by atoms with Crippen LogP contribution in [0.4, 0.5) is 0 Å². The van der Waals surface area contributed by atoms with Crippen LogP contribution in [0.25, 0.3) is 0 Å². The predicted octanol–water partition coefficient (Wildman–Crippen LogP) is 0.572. The third kappa shape index (κ3) is 3.56. The number of carbonyl (C=O) groups is 2. The van der Waals surface area contributed by atoms with Gasteiger partial charge < -0.3 is 14.9 Å². The highest BCUT2D eigenvalue weighted by molar-refractivity contribution is 6.01. The van der Waals surface area contributed by atoms with Gasteiger partial charge in [0.1, 0.15) is 0 Å². The fourth-order valence-corrected chi connectivity index (χ4v) is 1.81. The summed E-state index contributed by atoms with van der Waals surface area (Å²) in [6.07, 6.45) is 0.932. The summed E-state index contributed by atoms with van der Waals surface area (Å²) in [5.41, 5.74) is 0.467. The zero-order chi connectivity index (χ0) is 13.0. The van der Waals surface area contributed by atoms with Gasteiger partial charge >= 0.3 is 5.97 Å². The monoisotopic (exact) mass is 240 g/mol. The topological polar surface area (TPSA) is 60.9 Å². The van der Waals surface area contributed by atoms with Gasteiger partial charge in [-0.05, 0) is 33.9 Å². The Balaban J connectivity index is 2.76. The lowest BCUT2D eigenvalue weighted by molar-refractivity contribution is -0.133. The highest BCUT2D eigenvalue weighted by Crippen LogP contribution is 2.10. The Kier molecular flexibility index (Phi) is 4.69. The van der Waals surface area contributed by atoms with E-state index >= 15 is 0 Å². The van der Waals surface area contributed by atoms with E-state index in [1.165, 1.54) is 6.92 Å². The van der Waals surface area contributed by atoms with E-state index < -0.39 is 5.97 Å². The van der Waals surface area contributed by atoms with Crippen molar-refractivity contribution in [1.82, 2.24) is 9.80 Å². The van der Waals surface area contributed by atoms with Crippen molar-refractivity contribution in [2.75, 3.05) is 33.2 Å². The van der Waals surface area contributed by atoms with Crippen molar-refractivity contribution in [3.05, 3.63) is 11.1 Å². The van der Waals surface area contributed by atoms with Crippen molar-refractivity contribution in [3.8, 4) is 0 Å². The van der Waals surface area contributed by atoms with Crippen molar-refractivity contribution in [2.45, 2.75) is 20.3 Å². The van der Waals surface area contributed by atoms with Crippen molar-refractivity contribution in [1.29, 1.82) is 0 Å². The van der Waals surface area contributed by atoms with Crippen molar-refractivity contribution < 1.29 is 14.7 Å². The molecule has 1 heterocycles. The molecule has 0 unspecified atom stereocenters. The van der Waals surface area contributed by atoms with Gasteiger partial charge in [0.2, 0.25) is 5.91 Å². The number of likely N-dealkylation sites (N-methyl/N-ethyl adjacent to an activating group) is 1. The molecule has 1 amide bonds. The minimum atomic E-state index is -1.03. The van der Waals surface area contributed by atoms with Gasteiger partial charge in [0, 0.05) is 30.8 Å². The first-order valence-electron chi connectivity index (χ1n) is 5.82. The molecule has 1 aliphatic heterocycles. The molecular weight excluding hydrogens is 220 g/mol. The molecule has 0 aromatic heterocycles. The van der Waals surface area contributed by atoms with E-state index in [1.54, 1.807) is 11.8 Å². The van der Waals surface area contributed by atoms with Gasteiger partial charge in [-0.15, -0.1) is 0 Å². The standard InChI is InChI=1S/C12H20N2O3/c1-9(10(2)12(16)17)11(15)14-6-4-5-13(3)7-8-14/h4-8H2,1-3H3,(H,16,17). The first-order valence-corrected chi connectivity index (χ1v) is 5.82. The van der Waals surface area contributed by atoms with E-state index in [0.717, 1.165) is 19.5 Å². The lowest BCUT2D eigenvalue weighted by atomic mass is 10.1. The van der Waals surface area contributed by atoms with E-state index in [1.807, 2.05) is 7.05 Å². The number of hydrogen-bond acceptors (Lipinski definition) is 3. The van der Waals surface area contributed by atoms with Crippen molar-refractivity contribution in [3.63, 3.8) is 0 Å². The smallest absolute Gasteiger partial charge is 0.331 e. The Labute approximate surface area is 102 Å². The number of carboxylic acid groups (broad SMARTS) is 1. The molecule has 0 aliphatic carbocycles. The zero-order valence-corrected chi connectivity index (χ0v) is 10.7. The summed E-state index contributed by atoms with van der Waals surface area (Å²) in [6.45, 7) is 6.24. The normalized spacial score (nSPS) is 19.6. The molecule has 1 aliphatic rings. The van der Waals surface area contributed by atoms with Crippen LogP contribution in [-0.4, -0.2) is 60.0 Å². The molecule has 0 aromatic carbocycles. The van der Waals surface area contributed by atoms with E-state index in [9.17, 15) is 9.59 Å². The van der Waals surface area contributed by atoms with Crippen LogP contribution in [0.15, 0.2) is 11.1 Å². The van der Waals surface area contributed by atoms with Crippen LogP contribution in [0, 0.1) is 0 Å². The van der Waals surface area contributed by atoms with Crippen LogP contribution in [0.3, 0.4) is 0 Å². The Morgan fingerprint density at radius 2 is 1.65 bits per heavy atom. The van der Waals surface area contributed by atoms with Gasteiger partial charge in [0.15, 0.2) is 0 Å². The van der Waals surface area contributed by atoms with Gasteiger partial charge in [0.05, 0.1) is 0 Å². The first kappa shape index (κ1) is 13.7. The molecule has 0 bridgehead atoms. The molecule has 5 nitrogen and oxygen atoms in total. The lowest BCUT2D eigenvalue weighted by Gasteiger charge is -2.21. The maximum Gasteiger partial charge on any atom is 0.331 e. The molecule has 0 atom stereocenters. The van der Waals surface area contributed by atoms with Crippen LogP contribution < -0.4 is 0 Å². The van der Waals surface area contributed by atoms with Crippen LogP contribution in [0.2, 0.25) is 0 Å². The van der Waals surface area contributed by atoms with Crippen molar-refractivity contribution >= 4 is 11.9 Å². The number of amides is 1. The molecule has 17 heavy (non-hydrogen) atoms. The summed E-state index contributed by atoms with van der Waals surface area (Å²) in [7, 11) is 2.03. The molecule has 5 heteroatoms. The zero-order valence-electron chi connectivity index (χ0n) is 10.7. The average molecular weight is 240 g/mol. The highest BCUT2D eigenvalue weighted by atomic mass is 16.4. The summed E-state index contributed by atoms with van der Waals surface area (Å²) in [5.74, 6) is -1.18. The van der Waals surface area contributed by atoms with Gasteiger partial charge in [-0.25, -0.2) is 4.79 Å². The predicted molar refractivity (Wildman–Crippen MR) is 64.7 cm³/mol. The van der Waals surface area contributed by atoms with Crippen LogP contribution in [0.5, 0.6) is 0 Å². The van der Waals surface area contributed by atoms with Crippen LogP contribution in [0.1, 0.15) is 20.3 Å². The molecular formula is C12H20N2O3. The number of carboxylic acids is 1. The van der Waals surface area contributed by atoms with E-state index in [2.05, 4.69) is 4.90 Å². The molecule has 1 saturated heterocycles. The second-order valence-corrected chi connectivity index (χ2v) is 4.50. The molecule has 0 radical (unpaired) electrons. The van der Waals surface area contributed by atoms with Gasteiger partial charge in [-0.2, -0.15) is 0 Å². The molecule has 0 saturated carbocycles. The second kappa shape index (κ2) is 5.82. The molecule has 1 rings (SSSR count). The Morgan fingerprint density at radius 1 is 1.00 bits per heavy atom. The number of carbonyl (C=O) groups excluding carboxylic acids is 1. The van der Waals surface area contributed by atoms with E-state index in [4.69, 9.17) is 5.11 Å². The SMILES string of the molecule is CC(C(=O)O)=C(C)C(=O)N1CCCN(C)CC1. The Morgan fingerprint density at radius 3 is 2.24 bits per heavy atom. The van der Waals surface area contributed by atoms with Crippen LogP contribution in [-0.2, 0) is 9.59 Å². The Bertz CT molecular complexity index is 350. The molecule has 0 aromatic rings. The Hall–Kier alpha value is -1.36. The summed E-state index contributed by atoms with van der Waals surface area (Å²) in [5, 5.41) is 8.86. The summed E-state index contributed by atoms with van der Waals surface area (Å²) >= 11 is 0. The fraction of sp³-hybridized carbons (Fsp3) is 0.667. The van der Waals surface area contributed by atoms with Gasteiger partial charge in [-0.3, -0.25) is 4.79 Å². The first-order chi connectivity index (χ1) is 7.93. The number of aliphatic carboxylic acids is 1.